The Labute approximate surface area is 135 Å². The minimum absolute atomic E-state index is 0.0503. The number of nitrogens with one attached hydrogen (secondary N) is 1. The summed E-state index contributed by atoms with van der Waals surface area (Å²) in [5, 5.41) is 12.2. The fraction of sp³-hybridized carbons (Fsp3) is 0.278. The highest BCUT2D eigenvalue weighted by atomic mass is 16.5. The van der Waals surface area contributed by atoms with Crippen LogP contribution < -0.4 is 10.1 Å². The molecule has 0 amide bonds. The lowest BCUT2D eigenvalue weighted by Gasteiger charge is -2.13. The summed E-state index contributed by atoms with van der Waals surface area (Å²) in [7, 11) is 0. The number of nitriles is 1. The quantitative estimate of drug-likeness (QED) is 0.791. The van der Waals surface area contributed by atoms with Crippen molar-refractivity contribution in [3.05, 3.63) is 53.2 Å². The summed E-state index contributed by atoms with van der Waals surface area (Å²) in [5.41, 5.74) is 2.61. The Morgan fingerprint density at radius 2 is 2.22 bits per heavy atom. The van der Waals surface area contributed by atoms with Gasteiger partial charge in [0.15, 0.2) is 5.78 Å². The number of carbonyl (C=O) groups is 1. The molecule has 23 heavy (non-hydrogen) atoms. The first-order chi connectivity index (χ1) is 11.2. The zero-order valence-electron chi connectivity index (χ0n) is 13.3. The molecule has 1 heterocycles. The number of Topliss-reactive ketones (excluding diaryl/α,β-unsaturated/α-hetero) is 1. The largest absolute Gasteiger partial charge is 0.477 e. The molecule has 1 aromatic heterocycles. The molecule has 0 unspecified atom stereocenters. The minimum Gasteiger partial charge on any atom is -0.477 e. The first-order valence-corrected chi connectivity index (χ1v) is 7.51. The molecule has 0 aliphatic rings. The third kappa shape index (κ3) is 4.30. The SMILES string of the molecule is CCCOc1ncccc1CNc1cc(C#N)ccc1C(C)=O. The second-order valence-electron chi connectivity index (χ2n) is 5.10. The highest BCUT2D eigenvalue weighted by Gasteiger charge is 2.10. The number of hydrogen-bond donors (Lipinski definition) is 1. The lowest BCUT2D eigenvalue weighted by atomic mass is 10.1. The number of nitrogens with zero attached hydrogens (tertiary/aromatic N) is 2. The smallest absolute Gasteiger partial charge is 0.218 e. The van der Waals surface area contributed by atoms with E-state index < -0.39 is 0 Å². The molecular weight excluding hydrogens is 290 g/mol. The van der Waals surface area contributed by atoms with E-state index in [0.29, 0.717) is 35.8 Å². The highest BCUT2D eigenvalue weighted by molar-refractivity contribution is 5.99. The summed E-state index contributed by atoms with van der Waals surface area (Å²) < 4.78 is 5.63. The van der Waals surface area contributed by atoms with Gasteiger partial charge in [-0.3, -0.25) is 4.79 Å². The van der Waals surface area contributed by atoms with Crippen LogP contribution in [0.5, 0.6) is 5.88 Å². The Balaban J connectivity index is 2.21. The minimum atomic E-state index is -0.0503. The Hall–Kier alpha value is -2.87. The average molecular weight is 309 g/mol. The van der Waals surface area contributed by atoms with Crippen LogP contribution in [0.3, 0.4) is 0 Å². The summed E-state index contributed by atoms with van der Waals surface area (Å²) in [4.78, 5) is 16.0. The second kappa shape index (κ2) is 7.95. The van der Waals surface area contributed by atoms with Crippen LogP contribution in [0.25, 0.3) is 0 Å². The van der Waals surface area contributed by atoms with Gasteiger partial charge in [0.2, 0.25) is 5.88 Å². The molecule has 2 rings (SSSR count). The average Bonchev–Trinajstić information content (AvgIpc) is 2.58. The predicted molar refractivity (Wildman–Crippen MR) is 88.5 cm³/mol. The van der Waals surface area contributed by atoms with Gasteiger partial charge in [-0.05, 0) is 37.6 Å². The van der Waals surface area contributed by atoms with Crippen molar-refractivity contribution in [3.8, 4) is 11.9 Å². The molecule has 1 N–H and O–H groups in total. The Kier molecular flexibility index (Phi) is 5.70. The van der Waals surface area contributed by atoms with E-state index in [9.17, 15) is 4.79 Å². The summed E-state index contributed by atoms with van der Waals surface area (Å²) in [5.74, 6) is 0.535. The Bertz CT molecular complexity index is 735. The topological polar surface area (TPSA) is 75.0 Å². The Morgan fingerprint density at radius 3 is 2.91 bits per heavy atom. The number of aromatic nitrogens is 1. The molecule has 0 spiro atoms. The van der Waals surface area contributed by atoms with Gasteiger partial charge in [-0.2, -0.15) is 5.26 Å². The predicted octanol–water partition coefficient (Wildman–Crippen LogP) is 3.56. The normalized spacial score (nSPS) is 9.96. The first kappa shape index (κ1) is 16.5. The molecule has 5 heteroatoms. The van der Waals surface area contributed by atoms with Gasteiger partial charge in [-0.1, -0.05) is 13.0 Å². The molecular formula is C18H19N3O2. The van der Waals surface area contributed by atoms with Crippen molar-refractivity contribution < 1.29 is 9.53 Å². The van der Waals surface area contributed by atoms with E-state index in [0.717, 1.165) is 12.0 Å². The van der Waals surface area contributed by atoms with Gasteiger partial charge in [0, 0.05) is 29.6 Å². The van der Waals surface area contributed by atoms with E-state index in [4.69, 9.17) is 10.00 Å². The van der Waals surface area contributed by atoms with Crippen molar-refractivity contribution in [3.63, 3.8) is 0 Å². The van der Waals surface area contributed by atoms with Crippen molar-refractivity contribution in [2.75, 3.05) is 11.9 Å². The fourth-order valence-corrected chi connectivity index (χ4v) is 2.14. The van der Waals surface area contributed by atoms with Crippen LogP contribution in [0.2, 0.25) is 0 Å². The second-order valence-corrected chi connectivity index (χ2v) is 5.10. The third-order valence-electron chi connectivity index (χ3n) is 3.29. The molecule has 0 saturated carbocycles. The molecule has 1 aromatic carbocycles. The van der Waals surface area contributed by atoms with Crippen molar-refractivity contribution in [1.29, 1.82) is 5.26 Å². The van der Waals surface area contributed by atoms with Crippen LogP contribution in [-0.2, 0) is 6.54 Å². The number of hydrogen-bond acceptors (Lipinski definition) is 5. The van der Waals surface area contributed by atoms with E-state index in [2.05, 4.69) is 16.4 Å². The number of ether oxygens (including phenoxy) is 1. The Morgan fingerprint density at radius 1 is 1.39 bits per heavy atom. The maximum Gasteiger partial charge on any atom is 0.218 e. The van der Waals surface area contributed by atoms with E-state index in [1.165, 1.54) is 6.92 Å². The van der Waals surface area contributed by atoms with Crippen molar-refractivity contribution >= 4 is 11.5 Å². The lowest BCUT2D eigenvalue weighted by molar-refractivity contribution is 0.101. The van der Waals surface area contributed by atoms with Crippen LogP contribution in [0.1, 0.15) is 41.8 Å². The molecule has 5 nitrogen and oxygen atoms in total. The van der Waals surface area contributed by atoms with Crippen molar-refractivity contribution in [2.45, 2.75) is 26.8 Å². The molecule has 0 aliphatic heterocycles. The fourth-order valence-electron chi connectivity index (χ4n) is 2.14. The van der Waals surface area contributed by atoms with E-state index in [-0.39, 0.29) is 5.78 Å². The highest BCUT2D eigenvalue weighted by Crippen LogP contribution is 2.21. The van der Waals surface area contributed by atoms with Gasteiger partial charge in [0.1, 0.15) is 0 Å². The van der Waals surface area contributed by atoms with Gasteiger partial charge >= 0.3 is 0 Å². The monoisotopic (exact) mass is 309 g/mol. The summed E-state index contributed by atoms with van der Waals surface area (Å²) in [6.45, 7) is 4.61. The van der Waals surface area contributed by atoms with Crippen LogP contribution in [-0.4, -0.2) is 17.4 Å². The van der Waals surface area contributed by atoms with E-state index in [1.54, 1.807) is 24.4 Å². The zero-order chi connectivity index (χ0) is 16.7. The van der Waals surface area contributed by atoms with Gasteiger partial charge in [-0.15, -0.1) is 0 Å². The maximum atomic E-state index is 11.7. The number of pyridine rings is 1. The molecule has 0 radical (unpaired) electrons. The third-order valence-corrected chi connectivity index (χ3v) is 3.29. The van der Waals surface area contributed by atoms with Gasteiger partial charge < -0.3 is 10.1 Å². The number of rotatable bonds is 7. The van der Waals surface area contributed by atoms with Gasteiger partial charge in [0.25, 0.3) is 0 Å². The number of anilines is 1. The zero-order valence-corrected chi connectivity index (χ0v) is 13.3. The summed E-state index contributed by atoms with van der Waals surface area (Å²) >= 11 is 0. The van der Waals surface area contributed by atoms with Crippen LogP contribution >= 0.6 is 0 Å². The summed E-state index contributed by atoms with van der Waals surface area (Å²) in [6, 6.07) is 10.8. The number of ketones is 1. The molecule has 118 valence electrons. The van der Waals surface area contributed by atoms with Crippen molar-refractivity contribution in [2.24, 2.45) is 0 Å². The maximum absolute atomic E-state index is 11.7. The summed E-state index contributed by atoms with van der Waals surface area (Å²) in [6.07, 6.45) is 2.59. The first-order valence-electron chi connectivity index (χ1n) is 7.51. The van der Waals surface area contributed by atoms with E-state index >= 15 is 0 Å². The van der Waals surface area contributed by atoms with Crippen molar-refractivity contribution in [1.82, 2.24) is 4.98 Å². The standard InChI is InChI=1S/C18H19N3O2/c1-3-9-23-18-15(5-4-8-20-18)12-21-17-10-14(11-19)6-7-16(17)13(2)22/h4-8,10,21H,3,9,12H2,1-2H3. The number of benzene rings is 1. The number of carbonyl (C=O) groups excluding carboxylic acids is 1. The molecule has 0 saturated heterocycles. The van der Waals surface area contributed by atoms with Crippen LogP contribution in [0, 0.1) is 11.3 Å². The van der Waals surface area contributed by atoms with Crippen LogP contribution in [0.15, 0.2) is 36.5 Å². The van der Waals surface area contributed by atoms with E-state index in [1.807, 2.05) is 19.1 Å². The molecule has 2 aromatic rings. The van der Waals surface area contributed by atoms with Crippen LogP contribution in [0.4, 0.5) is 5.69 Å². The molecule has 0 atom stereocenters. The molecule has 0 fully saturated rings. The molecule has 0 aliphatic carbocycles. The van der Waals surface area contributed by atoms with Gasteiger partial charge in [-0.25, -0.2) is 4.98 Å². The van der Waals surface area contributed by atoms with Gasteiger partial charge in [0.05, 0.1) is 18.2 Å². The molecule has 0 bridgehead atoms. The lowest BCUT2D eigenvalue weighted by Crippen LogP contribution is -2.08.